The van der Waals surface area contributed by atoms with Crippen molar-refractivity contribution in [2.75, 3.05) is 11.4 Å². The van der Waals surface area contributed by atoms with Crippen LogP contribution in [0.25, 0.3) is 0 Å². The fourth-order valence-corrected chi connectivity index (χ4v) is 2.27. The fourth-order valence-electron chi connectivity index (χ4n) is 1.99. The van der Waals surface area contributed by atoms with Crippen LogP contribution in [-0.2, 0) is 0 Å². The molecular weight excluding hydrogens is 210 g/mol. The van der Waals surface area contributed by atoms with E-state index in [1.807, 2.05) is 13.8 Å². The highest BCUT2D eigenvalue weighted by molar-refractivity contribution is 6.31. The molecule has 1 saturated heterocycles. The van der Waals surface area contributed by atoms with Crippen LogP contribution in [0.4, 0.5) is 5.82 Å². The molecule has 0 amide bonds. The van der Waals surface area contributed by atoms with Crippen LogP contribution in [0.3, 0.4) is 0 Å². The molecular formula is C11H16ClN3. The van der Waals surface area contributed by atoms with Gasteiger partial charge in [-0.05, 0) is 33.6 Å². The number of hydrogen-bond acceptors (Lipinski definition) is 3. The van der Waals surface area contributed by atoms with Crippen molar-refractivity contribution < 1.29 is 0 Å². The Morgan fingerprint density at radius 3 is 2.53 bits per heavy atom. The molecule has 2 rings (SSSR count). The van der Waals surface area contributed by atoms with Crippen LogP contribution in [0, 0.1) is 13.8 Å². The summed E-state index contributed by atoms with van der Waals surface area (Å²) >= 11 is 6.13. The minimum absolute atomic E-state index is 0.527. The van der Waals surface area contributed by atoms with Gasteiger partial charge in [-0.1, -0.05) is 11.6 Å². The van der Waals surface area contributed by atoms with Gasteiger partial charge in [0.25, 0.3) is 0 Å². The van der Waals surface area contributed by atoms with Gasteiger partial charge in [0.15, 0.2) is 11.0 Å². The minimum Gasteiger partial charge on any atom is -0.351 e. The lowest BCUT2D eigenvalue weighted by atomic mass is 10.2. The Balaban J connectivity index is 2.39. The molecule has 15 heavy (non-hydrogen) atoms. The van der Waals surface area contributed by atoms with Gasteiger partial charge in [-0.25, -0.2) is 9.97 Å². The molecule has 0 radical (unpaired) electrons. The van der Waals surface area contributed by atoms with Gasteiger partial charge in [-0.3, -0.25) is 0 Å². The van der Waals surface area contributed by atoms with E-state index < -0.39 is 0 Å². The van der Waals surface area contributed by atoms with Crippen molar-refractivity contribution in [1.82, 2.24) is 9.97 Å². The van der Waals surface area contributed by atoms with Gasteiger partial charge >= 0.3 is 0 Å². The van der Waals surface area contributed by atoms with E-state index >= 15 is 0 Å². The molecule has 1 aromatic heterocycles. The Morgan fingerprint density at radius 1 is 1.27 bits per heavy atom. The average molecular weight is 226 g/mol. The van der Waals surface area contributed by atoms with Crippen molar-refractivity contribution in [2.45, 2.75) is 39.7 Å². The molecule has 1 atom stereocenters. The summed E-state index contributed by atoms with van der Waals surface area (Å²) in [7, 11) is 0. The number of hydrogen-bond donors (Lipinski definition) is 0. The van der Waals surface area contributed by atoms with Crippen molar-refractivity contribution in [1.29, 1.82) is 0 Å². The zero-order valence-electron chi connectivity index (χ0n) is 9.42. The summed E-state index contributed by atoms with van der Waals surface area (Å²) in [4.78, 5) is 11.1. The molecule has 1 unspecified atom stereocenters. The molecule has 1 fully saturated rings. The number of nitrogens with zero attached hydrogens (tertiary/aromatic N) is 3. The Labute approximate surface area is 95.5 Å². The van der Waals surface area contributed by atoms with E-state index in [9.17, 15) is 0 Å². The Kier molecular flexibility index (Phi) is 2.83. The minimum atomic E-state index is 0.527. The highest BCUT2D eigenvalue weighted by Crippen LogP contribution is 2.29. The quantitative estimate of drug-likeness (QED) is 0.736. The van der Waals surface area contributed by atoms with Gasteiger partial charge in [0.1, 0.15) is 0 Å². The number of aromatic nitrogens is 2. The lowest BCUT2D eigenvalue weighted by molar-refractivity contribution is 0.723. The van der Waals surface area contributed by atoms with Crippen molar-refractivity contribution in [3.63, 3.8) is 0 Å². The summed E-state index contributed by atoms with van der Waals surface area (Å²) in [5, 5.41) is 0.534. The number of anilines is 1. The predicted molar refractivity (Wildman–Crippen MR) is 62.6 cm³/mol. The summed E-state index contributed by atoms with van der Waals surface area (Å²) < 4.78 is 0. The molecule has 1 aliphatic rings. The normalized spacial score (nSPS) is 21.1. The third-order valence-corrected chi connectivity index (χ3v) is 3.33. The van der Waals surface area contributed by atoms with E-state index in [4.69, 9.17) is 11.6 Å². The summed E-state index contributed by atoms with van der Waals surface area (Å²) in [5.74, 6) is 0.852. The third kappa shape index (κ3) is 1.93. The number of rotatable bonds is 1. The first-order valence-electron chi connectivity index (χ1n) is 5.37. The van der Waals surface area contributed by atoms with Gasteiger partial charge < -0.3 is 4.90 Å². The van der Waals surface area contributed by atoms with E-state index in [2.05, 4.69) is 21.8 Å². The van der Waals surface area contributed by atoms with Crippen LogP contribution >= 0.6 is 11.6 Å². The molecule has 1 aromatic rings. The first kappa shape index (κ1) is 10.7. The van der Waals surface area contributed by atoms with Crippen molar-refractivity contribution in [2.24, 2.45) is 0 Å². The maximum absolute atomic E-state index is 6.13. The Morgan fingerprint density at radius 2 is 1.93 bits per heavy atom. The molecule has 4 heteroatoms. The molecule has 3 nitrogen and oxygen atoms in total. The van der Waals surface area contributed by atoms with Crippen LogP contribution in [0.15, 0.2) is 0 Å². The average Bonchev–Trinajstić information content (AvgIpc) is 2.58. The maximum atomic E-state index is 6.13. The van der Waals surface area contributed by atoms with Gasteiger partial charge in [-0.2, -0.15) is 0 Å². The molecule has 82 valence electrons. The monoisotopic (exact) mass is 225 g/mol. The van der Waals surface area contributed by atoms with Gasteiger partial charge in [-0.15, -0.1) is 0 Å². The van der Waals surface area contributed by atoms with E-state index in [1.165, 1.54) is 12.8 Å². The van der Waals surface area contributed by atoms with Crippen LogP contribution < -0.4 is 4.90 Å². The van der Waals surface area contributed by atoms with Gasteiger partial charge in [0.05, 0.1) is 11.4 Å². The number of halogens is 1. The molecule has 1 aliphatic heterocycles. The zero-order valence-corrected chi connectivity index (χ0v) is 10.2. The highest BCUT2D eigenvalue weighted by Gasteiger charge is 2.24. The molecule has 0 spiro atoms. The van der Waals surface area contributed by atoms with Crippen molar-refractivity contribution in [3.8, 4) is 0 Å². The molecule has 2 heterocycles. The lowest BCUT2D eigenvalue weighted by Crippen LogP contribution is -2.28. The Bertz CT molecular complexity index is 378. The second-order valence-corrected chi connectivity index (χ2v) is 4.55. The second kappa shape index (κ2) is 3.97. The molecule has 0 aliphatic carbocycles. The Hall–Kier alpha value is -0.830. The third-order valence-electron chi connectivity index (χ3n) is 3.07. The van der Waals surface area contributed by atoms with Crippen LogP contribution in [-0.4, -0.2) is 22.6 Å². The first-order valence-corrected chi connectivity index (χ1v) is 5.75. The van der Waals surface area contributed by atoms with Gasteiger partial charge in [0.2, 0.25) is 0 Å². The van der Waals surface area contributed by atoms with Crippen LogP contribution in [0.2, 0.25) is 5.15 Å². The summed E-state index contributed by atoms with van der Waals surface area (Å²) in [6, 6.07) is 0.527. The summed E-state index contributed by atoms with van der Waals surface area (Å²) in [6.45, 7) is 7.16. The van der Waals surface area contributed by atoms with Crippen molar-refractivity contribution >= 4 is 17.4 Å². The topological polar surface area (TPSA) is 29.0 Å². The largest absolute Gasteiger partial charge is 0.351 e. The van der Waals surface area contributed by atoms with Gasteiger partial charge in [0, 0.05) is 12.6 Å². The molecule has 0 N–H and O–H groups in total. The maximum Gasteiger partial charge on any atom is 0.171 e. The van der Waals surface area contributed by atoms with Crippen LogP contribution in [0.1, 0.15) is 31.2 Å². The summed E-state index contributed by atoms with van der Waals surface area (Å²) in [6.07, 6.45) is 2.43. The van der Waals surface area contributed by atoms with Crippen LogP contribution in [0.5, 0.6) is 0 Å². The summed E-state index contributed by atoms with van der Waals surface area (Å²) in [5.41, 5.74) is 1.88. The molecule has 0 aromatic carbocycles. The predicted octanol–water partition coefficient (Wildman–Crippen LogP) is 2.74. The van der Waals surface area contributed by atoms with E-state index in [0.717, 1.165) is 23.8 Å². The zero-order chi connectivity index (χ0) is 11.0. The standard InChI is InChI=1S/C11H16ClN3/c1-7-5-4-6-15(7)11-10(12)13-8(2)9(3)14-11/h7H,4-6H2,1-3H3. The van der Waals surface area contributed by atoms with Crippen molar-refractivity contribution in [3.05, 3.63) is 16.5 Å². The van der Waals surface area contributed by atoms with E-state index in [0.29, 0.717) is 11.2 Å². The first-order chi connectivity index (χ1) is 7.09. The molecule has 0 bridgehead atoms. The lowest BCUT2D eigenvalue weighted by Gasteiger charge is -2.23. The van der Waals surface area contributed by atoms with E-state index in [-0.39, 0.29) is 0 Å². The second-order valence-electron chi connectivity index (χ2n) is 4.19. The SMILES string of the molecule is Cc1nc(Cl)c(N2CCCC2C)nc1C. The number of aryl methyl sites for hydroxylation is 2. The van der Waals surface area contributed by atoms with E-state index in [1.54, 1.807) is 0 Å². The molecule has 0 saturated carbocycles. The fraction of sp³-hybridized carbons (Fsp3) is 0.636. The smallest absolute Gasteiger partial charge is 0.171 e. The highest BCUT2D eigenvalue weighted by atomic mass is 35.5.